The number of allylic oxidation sites excluding steroid dienone is 1. The summed E-state index contributed by atoms with van der Waals surface area (Å²) in [5, 5.41) is 3.00. The Morgan fingerprint density at radius 3 is 2.77 bits per heavy atom. The van der Waals surface area contributed by atoms with Crippen LogP contribution in [0.4, 0.5) is 0 Å². The highest BCUT2D eigenvalue weighted by atomic mass is 32.2. The van der Waals surface area contributed by atoms with Gasteiger partial charge in [-0.05, 0) is 25.8 Å². The molecule has 1 N–H and O–H groups in total. The predicted molar refractivity (Wildman–Crippen MR) is 54.4 cm³/mol. The summed E-state index contributed by atoms with van der Waals surface area (Å²) in [6.45, 7) is 0.861. The van der Waals surface area contributed by atoms with Crippen LogP contribution < -0.4 is 5.32 Å². The Bertz CT molecular complexity index is 269. The van der Waals surface area contributed by atoms with Gasteiger partial charge in [0.15, 0.2) is 9.84 Å². The van der Waals surface area contributed by atoms with E-state index in [9.17, 15) is 8.42 Å². The zero-order valence-corrected chi connectivity index (χ0v) is 8.81. The molecule has 76 valence electrons. The van der Waals surface area contributed by atoms with Crippen molar-refractivity contribution in [3.63, 3.8) is 0 Å². The molecule has 1 fully saturated rings. The van der Waals surface area contributed by atoms with Gasteiger partial charge in [0, 0.05) is 6.54 Å². The fourth-order valence-corrected chi connectivity index (χ4v) is 3.43. The van der Waals surface area contributed by atoms with Gasteiger partial charge in [0.1, 0.15) is 0 Å². The highest BCUT2D eigenvalue weighted by molar-refractivity contribution is 7.91. The number of sulfone groups is 1. The van der Waals surface area contributed by atoms with Crippen LogP contribution in [0.15, 0.2) is 12.2 Å². The molecule has 4 heteroatoms. The largest absolute Gasteiger partial charge is 0.316 e. The van der Waals surface area contributed by atoms with E-state index in [1.807, 2.05) is 13.1 Å². The maximum atomic E-state index is 11.1. The van der Waals surface area contributed by atoms with E-state index >= 15 is 0 Å². The average molecular weight is 203 g/mol. The SMILES string of the molecule is CNC/C=C\CC1CCS(=O)(=O)C1. The van der Waals surface area contributed by atoms with Crippen molar-refractivity contribution < 1.29 is 8.42 Å². The van der Waals surface area contributed by atoms with Gasteiger partial charge in [0.05, 0.1) is 11.5 Å². The van der Waals surface area contributed by atoms with E-state index in [1.54, 1.807) is 0 Å². The maximum Gasteiger partial charge on any atom is 0.150 e. The van der Waals surface area contributed by atoms with Crippen molar-refractivity contribution in [3.05, 3.63) is 12.2 Å². The maximum absolute atomic E-state index is 11.1. The first-order valence-corrected chi connectivity index (χ1v) is 6.46. The molecule has 3 nitrogen and oxygen atoms in total. The van der Waals surface area contributed by atoms with Crippen molar-refractivity contribution >= 4 is 9.84 Å². The molecule has 0 aromatic carbocycles. The molecule has 1 unspecified atom stereocenters. The fraction of sp³-hybridized carbons (Fsp3) is 0.778. The summed E-state index contributed by atoms with van der Waals surface area (Å²) in [6, 6.07) is 0. The van der Waals surface area contributed by atoms with Crippen molar-refractivity contribution in [2.45, 2.75) is 12.8 Å². The minimum Gasteiger partial charge on any atom is -0.316 e. The van der Waals surface area contributed by atoms with Gasteiger partial charge < -0.3 is 5.32 Å². The summed E-state index contributed by atoms with van der Waals surface area (Å²) in [5.41, 5.74) is 0. The van der Waals surface area contributed by atoms with Crippen LogP contribution in [-0.4, -0.2) is 33.5 Å². The van der Waals surface area contributed by atoms with Crippen molar-refractivity contribution in [3.8, 4) is 0 Å². The van der Waals surface area contributed by atoms with Crippen LogP contribution in [0.5, 0.6) is 0 Å². The third kappa shape index (κ3) is 3.91. The van der Waals surface area contributed by atoms with E-state index in [2.05, 4.69) is 11.4 Å². The molecule has 0 bridgehead atoms. The monoisotopic (exact) mass is 203 g/mol. The van der Waals surface area contributed by atoms with Gasteiger partial charge in [0.25, 0.3) is 0 Å². The Balaban J connectivity index is 2.25. The van der Waals surface area contributed by atoms with E-state index in [0.717, 1.165) is 19.4 Å². The zero-order chi connectivity index (χ0) is 9.73. The van der Waals surface area contributed by atoms with Crippen molar-refractivity contribution in [2.24, 2.45) is 5.92 Å². The van der Waals surface area contributed by atoms with Gasteiger partial charge in [-0.1, -0.05) is 12.2 Å². The molecule has 0 radical (unpaired) electrons. The summed E-state index contributed by atoms with van der Waals surface area (Å²) in [4.78, 5) is 0. The third-order valence-corrected chi connectivity index (χ3v) is 4.12. The van der Waals surface area contributed by atoms with E-state index in [1.165, 1.54) is 0 Å². The van der Waals surface area contributed by atoms with Crippen molar-refractivity contribution in [1.29, 1.82) is 0 Å². The van der Waals surface area contributed by atoms with Crippen molar-refractivity contribution in [1.82, 2.24) is 5.32 Å². The zero-order valence-electron chi connectivity index (χ0n) is 7.99. The number of likely N-dealkylation sites (N-methyl/N-ethyl adjacent to an activating group) is 1. The quantitative estimate of drug-likeness (QED) is 0.680. The highest BCUT2D eigenvalue weighted by Crippen LogP contribution is 2.21. The molecular weight excluding hydrogens is 186 g/mol. The van der Waals surface area contributed by atoms with Crippen LogP contribution in [0.3, 0.4) is 0 Å². The minimum absolute atomic E-state index is 0.359. The standard InChI is InChI=1S/C9H17NO2S/c1-10-6-3-2-4-9-5-7-13(11,12)8-9/h2-3,9-10H,4-8H2,1H3/b3-2-. The van der Waals surface area contributed by atoms with Gasteiger partial charge in [-0.2, -0.15) is 0 Å². The van der Waals surface area contributed by atoms with Crippen molar-refractivity contribution in [2.75, 3.05) is 25.1 Å². The number of hydrogen-bond donors (Lipinski definition) is 1. The molecule has 0 aromatic heterocycles. The van der Waals surface area contributed by atoms with Crippen LogP contribution >= 0.6 is 0 Å². The normalized spacial score (nSPS) is 27.0. The van der Waals surface area contributed by atoms with Gasteiger partial charge in [-0.25, -0.2) is 8.42 Å². The Labute approximate surface area is 80.1 Å². The van der Waals surface area contributed by atoms with E-state index in [0.29, 0.717) is 17.4 Å². The molecule has 1 heterocycles. The first kappa shape index (κ1) is 10.7. The molecular formula is C9H17NO2S. The number of rotatable bonds is 4. The average Bonchev–Trinajstić information content (AvgIpc) is 2.40. The molecule has 0 spiro atoms. The Morgan fingerprint density at radius 2 is 2.23 bits per heavy atom. The van der Waals surface area contributed by atoms with Crippen LogP contribution in [-0.2, 0) is 9.84 Å². The molecule has 1 rings (SSSR count). The fourth-order valence-electron chi connectivity index (χ4n) is 1.55. The summed E-state index contributed by atoms with van der Waals surface area (Å²) in [5.74, 6) is 1.13. The molecule has 0 aromatic rings. The third-order valence-electron chi connectivity index (χ3n) is 2.28. The summed E-state index contributed by atoms with van der Waals surface area (Å²) in [7, 11) is -0.794. The first-order chi connectivity index (χ1) is 6.14. The molecule has 13 heavy (non-hydrogen) atoms. The van der Waals surface area contributed by atoms with Gasteiger partial charge in [-0.15, -0.1) is 0 Å². The Morgan fingerprint density at radius 1 is 1.46 bits per heavy atom. The van der Waals surface area contributed by atoms with Crippen LogP contribution in [0, 0.1) is 5.92 Å². The predicted octanol–water partition coefficient (Wildman–Crippen LogP) is 0.587. The van der Waals surface area contributed by atoms with E-state index < -0.39 is 9.84 Å². The molecule has 1 saturated heterocycles. The Kier molecular flexibility index (Phi) is 3.93. The van der Waals surface area contributed by atoms with E-state index in [4.69, 9.17) is 0 Å². The second kappa shape index (κ2) is 4.77. The Hall–Kier alpha value is -0.350. The second-order valence-electron chi connectivity index (χ2n) is 3.53. The summed E-state index contributed by atoms with van der Waals surface area (Å²) >= 11 is 0. The van der Waals surface area contributed by atoms with Crippen LogP contribution in [0.1, 0.15) is 12.8 Å². The van der Waals surface area contributed by atoms with E-state index in [-0.39, 0.29) is 0 Å². The molecule has 0 saturated carbocycles. The smallest absolute Gasteiger partial charge is 0.150 e. The van der Waals surface area contributed by atoms with Gasteiger partial charge in [-0.3, -0.25) is 0 Å². The van der Waals surface area contributed by atoms with Crippen LogP contribution in [0.25, 0.3) is 0 Å². The number of nitrogens with one attached hydrogen (secondary N) is 1. The molecule has 1 aliphatic rings. The lowest BCUT2D eigenvalue weighted by Gasteiger charge is -2.01. The van der Waals surface area contributed by atoms with Gasteiger partial charge >= 0.3 is 0 Å². The lowest BCUT2D eigenvalue weighted by molar-refractivity contribution is 0.589. The minimum atomic E-state index is -2.69. The topological polar surface area (TPSA) is 46.2 Å². The highest BCUT2D eigenvalue weighted by Gasteiger charge is 2.26. The molecule has 1 aliphatic heterocycles. The summed E-state index contributed by atoms with van der Waals surface area (Å²) in [6.07, 6.45) is 5.86. The second-order valence-corrected chi connectivity index (χ2v) is 5.76. The van der Waals surface area contributed by atoms with Gasteiger partial charge in [0.2, 0.25) is 0 Å². The van der Waals surface area contributed by atoms with Crippen LogP contribution in [0.2, 0.25) is 0 Å². The number of hydrogen-bond acceptors (Lipinski definition) is 3. The summed E-state index contributed by atoms with van der Waals surface area (Å²) < 4.78 is 22.2. The lowest BCUT2D eigenvalue weighted by atomic mass is 10.1. The molecule has 1 atom stereocenters. The molecule has 0 amide bonds. The lowest BCUT2D eigenvalue weighted by Crippen LogP contribution is -2.05. The molecule has 0 aliphatic carbocycles. The first-order valence-electron chi connectivity index (χ1n) is 4.64.